The quantitative estimate of drug-likeness (QED) is 0.857. The maximum atomic E-state index is 11.9. The molecule has 0 bridgehead atoms. The molecule has 0 radical (unpaired) electrons. The third-order valence-electron chi connectivity index (χ3n) is 2.30. The van der Waals surface area contributed by atoms with E-state index in [4.69, 9.17) is 5.26 Å². The van der Waals surface area contributed by atoms with E-state index in [-0.39, 0.29) is 5.03 Å². The number of nitrogens with zero attached hydrogens (tertiary/aromatic N) is 2. The van der Waals surface area contributed by atoms with Crippen molar-refractivity contribution in [3.8, 4) is 6.07 Å². The fourth-order valence-electron chi connectivity index (χ4n) is 1.42. The van der Waals surface area contributed by atoms with Gasteiger partial charge in [0, 0.05) is 0 Å². The molecule has 92 valence electrons. The minimum atomic E-state index is -3.77. The Morgan fingerprint density at radius 1 is 1.33 bits per heavy atom. The maximum Gasteiger partial charge on any atom is 0.259 e. The van der Waals surface area contributed by atoms with E-state index in [1.165, 1.54) is 12.5 Å². The molecule has 6 nitrogen and oxygen atoms in total. The van der Waals surface area contributed by atoms with Crippen molar-refractivity contribution in [3.05, 3.63) is 48.4 Å². The van der Waals surface area contributed by atoms with Crippen LogP contribution < -0.4 is 4.72 Å². The summed E-state index contributed by atoms with van der Waals surface area (Å²) in [6.45, 7) is 0. The SMILES string of the molecule is N#CC(NS(=O)(=O)c1cnc[nH]1)c1ccccc1. The van der Waals surface area contributed by atoms with E-state index in [0.717, 1.165) is 0 Å². The zero-order valence-corrected chi connectivity index (χ0v) is 10.1. The third-order valence-corrected chi connectivity index (χ3v) is 3.65. The zero-order valence-electron chi connectivity index (χ0n) is 9.24. The molecule has 1 unspecified atom stereocenters. The highest BCUT2D eigenvalue weighted by Gasteiger charge is 2.21. The van der Waals surface area contributed by atoms with Crippen LogP contribution >= 0.6 is 0 Å². The molecule has 1 aromatic heterocycles. The Kier molecular flexibility index (Phi) is 3.41. The first-order valence-electron chi connectivity index (χ1n) is 5.09. The van der Waals surface area contributed by atoms with Crippen molar-refractivity contribution >= 4 is 10.0 Å². The fourth-order valence-corrected chi connectivity index (χ4v) is 2.46. The van der Waals surface area contributed by atoms with Gasteiger partial charge in [0.15, 0.2) is 5.03 Å². The van der Waals surface area contributed by atoms with Gasteiger partial charge in [0.05, 0.1) is 18.6 Å². The lowest BCUT2D eigenvalue weighted by molar-refractivity contribution is 0.572. The van der Waals surface area contributed by atoms with Crippen molar-refractivity contribution in [3.63, 3.8) is 0 Å². The Balaban J connectivity index is 2.26. The summed E-state index contributed by atoms with van der Waals surface area (Å²) < 4.78 is 26.1. The molecule has 2 aromatic rings. The second kappa shape index (κ2) is 5.00. The topological polar surface area (TPSA) is 98.6 Å². The lowest BCUT2D eigenvalue weighted by atomic mass is 10.1. The lowest BCUT2D eigenvalue weighted by Crippen LogP contribution is -2.28. The van der Waals surface area contributed by atoms with Gasteiger partial charge in [-0.3, -0.25) is 0 Å². The smallest absolute Gasteiger partial charge is 0.259 e. The molecule has 0 aliphatic rings. The molecule has 18 heavy (non-hydrogen) atoms. The summed E-state index contributed by atoms with van der Waals surface area (Å²) >= 11 is 0. The second-order valence-corrected chi connectivity index (χ2v) is 5.19. The summed E-state index contributed by atoms with van der Waals surface area (Å²) in [5.41, 5.74) is 0.586. The summed E-state index contributed by atoms with van der Waals surface area (Å²) in [5, 5.41) is 8.97. The van der Waals surface area contributed by atoms with E-state index in [1.807, 2.05) is 6.07 Å². The first-order chi connectivity index (χ1) is 8.63. The molecule has 2 N–H and O–H groups in total. The van der Waals surface area contributed by atoms with Crippen LogP contribution in [0.2, 0.25) is 0 Å². The standard InChI is InChI=1S/C11H10N4O2S/c12-6-10(9-4-2-1-3-5-9)15-18(16,17)11-7-13-8-14-11/h1-5,7-8,10,15H,(H,13,14). The largest absolute Gasteiger partial charge is 0.335 e. The van der Waals surface area contributed by atoms with E-state index in [2.05, 4.69) is 14.7 Å². The van der Waals surface area contributed by atoms with Gasteiger partial charge in [-0.1, -0.05) is 30.3 Å². The van der Waals surface area contributed by atoms with Gasteiger partial charge in [0.2, 0.25) is 0 Å². The minimum Gasteiger partial charge on any atom is -0.335 e. The Bertz CT molecular complexity index is 644. The molecular weight excluding hydrogens is 252 g/mol. The van der Waals surface area contributed by atoms with Crippen LogP contribution in [0.1, 0.15) is 11.6 Å². The van der Waals surface area contributed by atoms with Gasteiger partial charge < -0.3 is 4.98 Å². The number of rotatable bonds is 4. The highest BCUT2D eigenvalue weighted by molar-refractivity contribution is 7.89. The lowest BCUT2D eigenvalue weighted by Gasteiger charge is -2.11. The molecule has 7 heteroatoms. The average molecular weight is 262 g/mol. The van der Waals surface area contributed by atoms with Gasteiger partial charge in [-0.15, -0.1) is 0 Å². The molecule has 1 aromatic carbocycles. The molecule has 2 rings (SSSR count). The van der Waals surface area contributed by atoms with Gasteiger partial charge in [0.25, 0.3) is 10.0 Å². The molecule has 0 aliphatic heterocycles. The van der Waals surface area contributed by atoms with Crippen molar-refractivity contribution in [1.82, 2.24) is 14.7 Å². The molecule has 0 saturated carbocycles. The number of sulfonamides is 1. The van der Waals surface area contributed by atoms with Crippen LogP contribution in [0.4, 0.5) is 0 Å². The number of hydrogen-bond donors (Lipinski definition) is 2. The van der Waals surface area contributed by atoms with Crippen molar-refractivity contribution in [2.75, 3.05) is 0 Å². The molecule has 0 saturated heterocycles. The average Bonchev–Trinajstić information content (AvgIpc) is 2.92. The first kappa shape index (κ1) is 12.3. The number of aromatic amines is 1. The van der Waals surface area contributed by atoms with Crippen molar-refractivity contribution in [1.29, 1.82) is 5.26 Å². The molecule has 1 atom stereocenters. The Morgan fingerprint density at radius 2 is 2.06 bits per heavy atom. The molecule has 1 heterocycles. The number of nitrogens with one attached hydrogen (secondary N) is 2. The first-order valence-corrected chi connectivity index (χ1v) is 6.57. The van der Waals surface area contributed by atoms with Crippen molar-refractivity contribution in [2.24, 2.45) is 0 Å². The third kappa shape index (κ3) is 2.56. The Hall–Kier alpha value is -2.17. The normalized spacial score (nSPS) is 12.8. The maximum absolute atomic E-state index is 11.9. The van der Waals surface area contributed by atoms with Gasteiger partial charge in [0.1, 0.15) is 6.04 Å². The molecule has 0 fully saturated rings. The van der Waals surface area contributed by atoms with E-state index < -0.39 is 16.1 Å². The Morgan fingerprint density at radius 3 is 2.61 bits per heavy atom. The van der Waals surface area contributed by atoms with Crippen LogP contribution in [0, 0.1) is 11.3 Å². The van der Waals surface area contributed by atoms with E-state index in [9.17, 15) is 8.42 Å². The van der Waals surface area contributed by atoms with Gasteiger partial charge in [-0.2, -0.15) is 9.98 Å². The Labute approximate surface area is 104 Å². The van der Waals surface area contributed by atoms with Crippen LogP contribution in [0.5, 0.6) is 0 Å². The predicted molar refractivity (Wildman–Crippen MR) is 63.7 cm³/mol. The van der Waals surface area contributed by atoms with Gasteiger partial charge in [-0.05, 0) is 5.56 Å². The summed E-state index contributed by atoms with van der Waals surface area (Å²) in [5.74, 6) is 0. The summed E-state index contributed by atoms with van der Waals surface area (Å²) in [6.07, 6.45) is 2.44. The van der Waals surface area contributed by atoms with Crippen LogP contribution in [0.3, 0.4) is 0 Å². The number of nitriles is 1. The van der Waals surface area contributed by atoms with E-state index >= 15 is 0 Å². The molecular formula is C11H10N4O2S. The number of aromatic nitrogens is 2. The monoisotopic (exact) mass is 262 g/mol. The van der Waals surface area contributed by atoms with E-state index in [0.29, 0.717) is 5.56 Å². The second-order valence-electron chi connectivity index (χ2n) is 3.51. The van der Waals surface area contributed by atoms with Crippen molar-refractivity contribution in [2.45, 2.75) is 11.1 Å². The van der Waals surface area contributed by atoms with Gasteiger partial charge >= 0.3 is 0 Å². The van der Waals surface area contributed by atoms with E-state index in [1.54, 1.807) is 30.3 Å². The zero-order chi connectivity index (χ0) is 13.0. The fraction of sp³-hybridized carbons (Fsp3) is 0.0909. The van der Waals surface area contributed by atoms with Gasteiger partial charge in [-0.25, -0.2) is 13.4 Å². The van der Waals surface area contributed by atoms with Crippen LogP contribution in [0.15, 0.2) is 47.9 Å². The predicted octanol–water partition coefficient (Wildman–Crippen LogP) is 0.953. The minimum absolute atomic E-state index is 0.0707. The highest BCUT2D eigenvalue weighted by atomic mass is 32.2. The van der Waals surface area contributed by atoms with Crippen LogP contribution in [-0.4, -0.2) is 18.4 Å². The number of H-pyrrole nitrogens is 1. The van der Waals surface area contributed by atoms with Crippen LogP contribution in [-0.2, 0) is 10.0 Å². The summed E-state index contributed by atoms with van der Waals surface area (Å²) in [6, 6.07) is 9.62. The number of hydrogen-bond acceptors (Lipinski definition) is 4. The molecule has 0 spiro atoms. The molecule has 0 aliphatic carbocycles. The number of benzene rings is 1. The van der Waals surface area contributed by atoms with Crippen molar-refractivity contribution < 1.29 is 8.42 Å². The highest BCUT2D eigenvalue weighted by Crippen LogP contribution is 2.14. The summed E-state index contributed by atoms with van der Waals surface area (Å²) in [4.78, 5) is 6.12. The molecule has 0 amide bonds. The number of imidazole rings is 1. The van der Waals surface area contributed by atoms with Crippen LogP contribution in [0.25, 0.3) is 0 Å². The summed E-state index contributed by atoms with van der Waals surface area (Å²) in [7, 11) is -3.77.